The van der Waals surface area contributed by atoms with Crippen molar-refractivity contribution in [2.75, 3.05) is 0 Å². The summed E-state index contributed by atoms with van der Waals surface area (Å²) < 4.78 is 0. The zero-order valence-electron chi connectivity index (χ0n) is 14.7. The normalized spacial score (nSPS) is 11.4. The smallest absolute Gasteiger partial charge is 0.0911 e. The molecule has 23 heavy (non-hydrogen) atoms. The lowest BCUT2D eigenvalue weighted by Crippen LogP contribution is -2.03. The van der Waals surface area contributed by atoms with Gasteiger partial charge in [0.25, 0.3) is 0 Å². The first-order valence-corrected chi connectivity index (χ1v) is 9.45. The van der Waals surface area contributed by atoms with Gasteiger partial charge in [-0.05, 0) is 56.6 Å². The van der Waals surface area contributed by atoms with Crippen molar-refractivity contribution >= 4 is 31.8 Å². The third-order valence-electron chi connectivity index (χ3n) is 4.53. The molecule has 0 atom stereocenters. The monoisotopic (exact) mass is 316 g/mol. The van der Waals surface area contributed by atoms with Crippen LogP contribution in [0.25, 0.3) is 21.5 Å². The maximum atomic E-state index is 3.47. The van der Waals surface area contributed by atoms with Crippen molar-refractivity contribution in [2.45, 2.75) is 39.5 Å². The average molecular weight is 317 g/mol. The minimum Gasteiger partial charge on any atom is -0.138 e. The molecule has 0 heterocycles. The molecular formula is C22H24Si. The van der Waals surface area contributed by atoms with E-state index < -0.39 is 0 Å². The zero-order valence-corrected chi connectivity index (χ0v) is 16.7. The molecule has 0 nitrogen and oxygen atoms in total. The van der Waals surface area contributed by atoms with Gasteiger partial charge in [0, 0.05) is 5.56 Å². The lowest BCUT2D eigenvalue weighted by Gasteiger charge is -2.21. The second-order valence-corrected chi connectivity index (χ2v) is 7.36. The van der Waals surface area contributed by atoms with Crippen molar-refractivity contribution in [3.63, 3.8) is 0 Å². The quantitative estimate of drug-likeness (QED) is 0.358. The van der Waals surface area contributed by atoms with Gasteiger partial charge in [-0.3, -0.25) is 0 Å². The van der Waals surface area contributed by atoms with Gasteiger partial charge in [-0.1, -0.05) is 63.9 Å². The molecule has 0 fully saturated rings. The summed E-state index contributed by atoms with van der Waals surface area (Å²) in [6.45, 7) is 9.14. The van der Waals surface area contributed by atoms with Gasteiger partial charge in [-0.25, -0.2) is 0 Å². The number of hydrogen-bond donors (Lipinski definition) is 0. The van der Waals surface area contributed by atoms with Crippen molar-refractivity contribution in [2.24, 2.45) is 0 Å². The number of hydrogen-bond acceptors (Lipinski definition) is 0. The molecule has 0 amide bonds. The molecule has 0 saturated heterocycles. The first kappa shape index (κ1) is 15.8. The lowest BCUT2D eigenvalue weighted by atomic mass is 9.83. The molecule has 0 aliphatic rings. The molecule has 0 aliphatic heterocycles. The second kappa shape index (κ2) is 6.22. The van der Waals surface area contributed by atoms with E-state index in [1.807, 2.05) is 0 Å². The third-order valence-corrected chi connectivity index (χ3v) is 4.78. The number of fused-ring (bicyclic) bond motifs is 2. The molecule has 3 aromatic carbocycles. The topological polar surface area (TPSA) is 0 Å². The SMILES string of the molecule is CC(C)c1cc2cc3ccccc3cc2c(C#C[SiH3])c1C(C)C. The Morgan fingerprint density at radius 3 is 2.04 bits per heavy atom. The van der Waals surface area contributed by atoms with Gasteiger partial charge in [0.2, 0.25) is 0 Å². The number of benzene rings is 3. The van der Waals surface area contributed by atoms with Crippen molar-refractivity contribution in [1.82, 2.24) is 0 Å². The van der Waals surface area contributed by atoms with E-state index in [2.05, 4.69) is 81.6 Å². The Kier molecular flexibility index (Phi) is 4.28. The van der Waals surface area contributed by atoms with E-state index in [1.165, 1.54) is 38.2 Å². The second-order valence-electron chi connectivity index (χ2n) is 6.86. The van der Waals surface area contributed by atoms with E-state index in [9.17, 15) is 0 Å². The molecule has 0 aromatic heterocycles. The van der Waals surface area contributed by atoms with E-state index >= 15 is 0 Å². The molecule has 0 radical (unpaired) electrons. The van der Waals surface area contributed by atoms with Crippen molar-refractivity contribution in [3.8, 4) is 11.5 Å². The predicted octanol–water partition coefficient (Wildman–Crippen LogP) is 4.91. The molecule has 0 bridgehead atoms. The van der Waals surface area contributed by atoms with Gasteiger partial charge in [0.05, 0.1) is 10.2 Å². The standard InChI is InChI=1S/C22H24Si/c1-14(2)20-13-18-11-16-7-5-6-8-17(16)12-21(18)19(9-10-23)22(20)15(3)4/h5-8,11-15H,1-4,23H3. The van der Waals surface area contributed by atoms with E-state index in [1.54, 1.807) is 0 Å². The van der Waals surface area contributed by atoms with Crippen LogP contribution in [0.3, 0.4) is 0 Å². The first-order chi connectivity index (χ1) is 11.0. The Morgan fingerprint density at radius 2 is 1.48 bits per heavy atom. The molecule has 3 aromatic rings. The molecule has 3 rings (SSSR count). The molecule has 0 saturated carbocycles. The summed E-state index contributed by atoms with van der Waals surface area (Å²) in [4.78, 5) is 0. The molecule has 0 N–H and O–H groups in total. The van der Waals surface area contributed by atoms with Crippen LogP contribution in [0.1, 0.15) is 56.2 Å². The van der Waals surface area contributed by atoms with Gasteiger partial charge in [0.15, 0.2) is 0 Å². The van der Waals surface area contributed by atoms with Crippen LogP contribution in [-0.2, 0) is 0 Å². The van der Waals surface area contributed by atoms with E-state index in [4.69, 9.17) is 0 Å². The Bertz CT molecular complexity index is 937. The lowest BCUT2D eigenvalue weighted by molar-refractivity contribution is 0.791. The largest absolute Gasteiger partial charge is 0.138 e. The van der Waals surface area contributed by atoms with Crippen molar-refractivity contribution in [1.29, 1.82) is 0 Å². The van der Waals surface area contributed by atoms with Crippen LogP contribution >= 0.6 is 0 Å². The van der Waals surface area contributed by atoms with Gasteiger partial charge < -0.3 is 0 Å². The fourth-order valence-corrected chi connectivity index (χ4v) is 3.74. The molecular weight excluding hydrogens is 292 g/mol. The van der Waals surface area contributed by atoms with Crippen LogP contribution in [0.4, 0.5) is 0 Å². The highest BCUT2D eigenvalue weighted by Gasteiger charge is 2.17. The Balaban J connectivity index is 2.51. The first-order valence-electron chi connectivity index (χ1n) is 8.45. The summed E-state index contributed by atoms with van der Waals surface area (Å²) in [7, 11) is 0.911. The fourth-order valence-electron chi connectivity index (χ4n) is 3.49. The zero-order chi connectivity index (χ0) is 16.6. The third kappa shape index (κ3) is 2.80. The van der Waals surface area contributed by atoms with Crippen LogP contribution in [-0.4, -0.2) is 10.2 Å². The maximum Gasteiger partial charge on any atom is 0.0911 e. The Hall–Kier alpha value is -2.04. The van der Waals surface area contributed by atoms with E-state index in [0.717, 1.165) is 10.2 Å². The highest BCUT2D eigenvalue weighted by atomic mass is 28.1. The van der Waals surface area contributed by atoms with E-state index in [0.29, 0.717) is 11.8 Å². The Morgan fingerprint density at radius 1 is 0.826 bits per heavy atom. The van der Waals surface area contributed by atoms with Crippen LogP contribution in [0.2, 0.25) is 0 Å². The summed E-state index contributed by atoms with van der Waals surface area (Å²) in [6.07, 6.45) is 0. The van der Waals surface area contributed by atoms with Gasteiger partial charge in [-0.2, -0.15) is 0 Å². The van der Waals surface area contributed by atoms with Gasteiger partial charge in [-0.15, -0.1) is 5.54 Å². The predicted molar refractivity (Wildman–Crippen MR) is 106 cm³/mol. The minimum atomic E-state index is 0.487. The van der Waals surface area contributed by atoms with E-state index in [-0.39, 0.29) is 0 Å². The van der Waals surface area contributed by atoms with Crippen LogP contribution in [0.15, 0.2) is 42.5 Å². The van der Waals surface area contributed by atoms with Crippen LogP contribution in [0.5, 0.6) is 0 Å². The van der Waals surface area contributed by atoms with Crippen LogP contribution < -0.4 is 0 Å². The number of rotatable bonds is 2. The van der Waals surface area contributed by atoms with Gasteiger partial charge >= 0.3 is 0 Å². The Labute approximate surface area is 142 Å². The summed E-state index contributed by atoms with van der Waals surface area (Å²) >= 11 is 0. The summed E-state index contributed by atoms with van der Waals surface area (Å²) in [5.41, 5.74) is 7.41. The molecule has 0 spiro atoms. The highest BCUT2D eigenvalue weighted by molar-refractivity contribution is 6.22. The average Bonchev–Trinajstić information content (AvgIpc) is 2.52. The van der Waals surface area contributed by atoms with Gasteiger partial charge in [0.1, 0.15) is 0 Å². The maximum absolute atomic E-state index is 3.47. The molecule has 0 unspecified atom stereocenters. The minimum absolute atomic E-state index is 0.487. The molecule has 116 valence electrons. The fraction of sp³-hybridized carbons (Fsp3) is 0.273. The summed E-state index contributed by atoms with van der Waals surface area (Å²) in [6, 6.07) is 15.6. The molecule has 1 heteroatoms. The summed E-state index contributed by atoms with van der Waals surface area (Å²) in [5.74, 6) is 4.47. The molecule has 0 aliphatic carbocycles. The van der Waals surface area contributed by atoms with Crippen molar-refractivity contribution in [3.05, 3.63) is 59.2 Å². The van der Waals surface area contributed by atoms with Crippen LogP contribution in [0, 0.1) is 11.5 Å². The van der Waals surface area contributed by atoms with Crippen molar-refractivity contribution < 1.29 is 0 Å². The summed E-state index contributed by atoms with van der Waals surface area (Å²) in [5, 5.41) is 5.22. The highest BCUT2D eigenvalue weighted by Crippen LogP contribution is 2.36.